The van der Waals surface area contributed by atoms with Crippen LogP contribution in [0.4, 0.5) is 0 Å². The van der Waals surface area contributed by atoms with Gasteiger partial charge in [0.05, 0.1) is 14.2 Å². The smallest absolute Gasteiger partial charge is 0.122 e. The third-order valence-electron chi connectivity index (χ3n) is 4.15. The fourth-order valence-corrected chi connectivity index (χ4v) is 3.19. The van der Waals surface area contributed by atoms with Crippen molar-refractivity contribution in [2.45, 2.75) is 25.9 Å². The number of hydrogen-bond acceptors (Lipinski definition) is 2. The molecule has 3 heteroatoms. The van der Waals surface area contributed by atoms with Gasteiger partial charge in [-0.2, -0.15) is 0 Å². The highest BCUT2D eigenvalue weighted by molar-refractivity contribution is 7.17. The summed E-state index contributed by atoms with van der Waals surface area (Å²) in [6.07, 6.45) is 0.934. The van der Waals surface area contributed by atoms with Gasteiger partial charge in [-0.05, 0) is 29.5 Å². The van der Waals surface area contributed by atoms with Gasteiger partial charge in [-0.1, -0.05) is 50.2 Å². The van der Waals surface area contributed by atoms with Gasteiger partial charge >= 0.3 is 0 Å². The van der Waals surface area contributed by atoms with Gasteiger partial charge in [-0.15, -0.1) is 9.24 Å². The van der Waals surface area contributed by atoms with Crippen molar-refractivity contribution in [1.29, 1.82) is 0 Å². The molecular weight excluding hydrogens is 291 g/mol. The minimum atomic E-state index is 0.0495. The van der Waals surface area contributed by atoms with Crippen molar-refractivity contribution in [2.24, 2.45) is 5.41 Å². The summed E-state index contributed by atoms with van der Waals surface area (Å²) >= 11 is 0. The Morgan fingerprint density at radius 1 is 0.909 bits per heavy atom. The SMILES string of the molecule is COc1ccccc1CC(C)(C)C(P)c1ccccc1OC. The van der Waals surface area contributed by atoms with Crippen LogP contribution in [0.15, 0.2) is 48.5 Å². The van der Waals surface area contributed by atoms with Crippen molar-refractivity contribution in [2.75, 3.05) is 14.2 Å². The van der Waals surface area contributed by atoms with Gasteiger partial charge in [0, 0.05) is 11.2 Å². The fraction of sp³-hybridized carbons (Fsp3) is 0.368. The molecule has 0 bridgehead atoms. The summed E-state index contributed by atoms with van der Waals surface area (Å²) < 4.78 is 11.0. The molecule has 118 valence electrons. The maximum atomic E-state index is 5.52. The summed E-state index contributed by atoms with van der Waals surface area (Å²) in [4.78, 5) is 0. The molecule has 2 atom stereocenters. The molecule has 2 aromatic rings. The summed E-state index contributed by atoms with van der Waals surface area (Å²) in [5.41, 5.74) is 2.79. The van der Waals surface area contributed by atoms with E-state index < -0.39 is 0 Å². The number of benzene rings is 2. The van der Waals surface area contributed by atoms with Crippen molar-refractivity contribution in [3.63, 3.8) is 0 Å². The van der Waals surface area contributed by atoms with Crippen LogP contribution in [0, 0.1) is 5.41 Å². The van der Waals surface area contributed by atoms with E-state index in [-0.39, 0.29) is 11.1 Å². The number of para-hydroxylation sites is 2. The number of ether oxygens (including phenoxy) is 2. The van der Waals surface area contributed by atoms with Crippen LogP contribution >= 0.6 is 9.24 Å². The molecule has 0 N–H and O–H groups in total. The predicted octanol–water partition coefficient (Wildman–Crippen LogP) is 4.89. The Bertz CT molecular complexity index is 622. The van der Waals surface area contributed by atoms with Crippen LogP contribution in [0.5, 0.6) is 11.5 Å². The Kier molecular flexibility index (Phi) is 5.47. The molecule has 0 amide bonds. The van der Waals surface area contributed by atoms with E-state index in [1.54, 1.807) is 14.2 Å². The first-order chi connectivity index (χ1) is 10.5. The van der Waals surface area contributed by atoms with Crippen LogP contribution in [-0.2, 0) is 6.42 Å². The molecule has 0 fully saturated rings. The highest BCUT2D eigenvalue weighted by Crippen LogP contribution is 2.46. The van der Waals surface area contributed by atoms with E-state index in [0.717, 1.165) is 17.9 Å². The Balaban J connectivity index is 2.29. The van der Waals surface area contributed by atoms with Gasteiger partial charge in [-0.25, -0.2) is 0 Å². The summed E-state index contributed by atoms with van der Waals surface area (Å²) in [6.45, 7) is 4.56. The fourth-order valence-electron chi connectivity index (χ4n) is 2.79. The summed E-state index contributed by atoms with van der Waals surface area (Å²) in [5.74, 6) is 1.89. The molecule has 2 aromatic carbocycles. The van der Waals surface area contributed by atoms with Crippen LogP contribution in [0.3, 0.4) is 0 Å². The molecule has 0 spiro atoms. The second-order valence-corrected chi connectivity index (χ2v) is 6.86. The Morgan fingerprint density at radius 2 is 1.45 bits per heavy atom. The van der Waals surface area contributed by atoms with Gasteiger partial charge in [-0.3, -0.25) is 0 Å². The van der Waals surface area contributed by atoms with Crippen molar-refractivity contribution in [1.82, 2.24) is 0 Å². The van der Waals surface area contributed by atoms with E-state index in [1.165, 1.54) is 11.1 Å². The minimum Gasteiger partial charge on any atom is -0.496 e. The van der Waals surface area contributed by atoms with Crippen molar-refractivity contribution in [3.05, 3.63) is 59.7 Å². The van der Waals surface area contributed by atoms with E-state index in [9.17, 15) is 0 Å². The lowest BCUT2D eigenvalue weighted by atomic mass is 9.79. The summed E-state index contributed by atoms with van der Waals surface area (Å²) in [5, 5.41) is 0. The normalized spacial score (nSPS) is 12.8. The number of hydrogen-bond donors (Lipinski definition) is 0. The van der Waals surface area contributed by atoms with Crippen molar-refractivity contribution in [3.8, 4) is 11.5 Å². The molecule has 0 saturated carbocycles. The standard InChI is InChI=1S/C19H25O2P/c1-19(2,13-14-9-5-7-11-16(14)20-3)18(22)15-10-6-8-12-17(15)21-4/h5-12,18H,13,22H2,1-4H3. The topological polar surface area (TPSA) is 18.5 Å². The highest BCUT2D eigenvalue weighted by atomic mass is 31.0. The maximum Gasteiger partial charge on any atom is 0.122 e. The average molecular weight is 316 g/mol. The lowest BCUT2D eigenvalue weighted by Gasteiger charge is -2.33. The second kappa shape index (κ2) is 7.15. The van der Waals surface area contributed by atoms with Crippen molar-refractivity contribution < 1.29 is 9.47 Å². The molecule has 2 unspecified atom stereocenters. The third kappa shape index (κ3) is 3.62. The van der Waals surface area contributed by atoms with Crippen molar-refractivity contribution >= 4 is 9.24 Å². The molecule has 0 aromatic heterocycles. The Morgan fingerprint density at radius 3 is 2.09 bits per heavy atom. The molecular formula is C19H25O2P. The van der Waals surface area contributed by atoms with E-state index in [4.69, 9.17) is 9.47 Å². The lowest BCUT2D eigenvalue weighted by molar-refractivity contribution is 0.330. The molecule has 22 heavy (non-hydrogen) atoms. The average Bonchev–Trinajstić information content (AvgIpc) is 2.54. The zero-order valence-corrected chi connectivity index (χ0v) is 15.0. The Hall–Kier alpha value is -1.53. The van der Waals surface area contributed by atoms with Crippen LogP contribution in [0.1, 0.15) is 30.6 Å². The van der Waals surface area contributed by atoms with Crippen LogP contribution in [-0.4, -0.2) is 14.2 Å². The van der Waals surface area contributed by atoms with Gasteiger partial charge < -0.3 is 9.47 Å². The Labute approximate surface area is 136 Å². The first-order valence-electron chi connectivity index (χ1n) is 7.50. The molecule has 0 aliphatic carbocycles. The monoisotopic (exact) mass is 316 g/mol. The highest BCUT2D eigenvalue weighted by Gasteiger charge is 2.30. The molecule has 2 rings (SSSR count). The quantitative estimate of drug-likeness (QED) is 0.707. The molecule has 0 aliphatic rings. The van der Waals surface area contributed by atoms with Gasteiger partial charge in [0.25, 0.3) is 0 Å². The minimum absolute atomic E-state index is 0.0495. The summed E-state index contributed by atoms with van der Waals surface area (Å²) in [6, 6.07) is 16.5. The first kappa shape index (κ1) is 16.8. The molecule has 0 heterocycles. The van der Waals surface area contributed by atoms with Gasteiger partial charge in [0.15, 0.2) is 0 Å². The van der Waals surface area contributed by atoms with E-state index >= 15 is 0 Å². The molecule has 0 aliphatic heterocycles. The second-order valence-electron chi connectivity index (χ2n) is 6.20. The maximum absolute atomic E-state index is 5.52. The van der Waals surface area contributed by atoms with E-state index in [0.29, 0.717) is 0 Å². The zero-order valence-electron chi connectivity index (χ0n) is 13.8. The van der Waals surface area contributed by atoms with Gasteiger partial charge in [0.1, 0.15) is 11.5 Å². The predicted molar refractivity (Wildman–Crippen MR) is 95.9 cm³/mol. The zero-order chi connectivity index (χ0) is 16.2. The lowest BCUT2D eigenvalue weighted by Crippen LogP contribution is -2.21. The van der Waals surface area contributed by atoms with Gasteiger partial charge in [0.2, 0.25) is 0 Å². The first-order valence-corrected chi connectivity index (χ1v) is 8.16. The van der Waals surface area contributed by atoms with E-state index in [1.807, 2.05) is 24.3 Å². The number of methoxy groups -OCH3 is 2. The van der Waals surface area contributed by atoms with Crippen LogP contribution in [0.25, 0.3) is 0 Å². The summed E-state index contributed by atoms with van der Waals surface area (Å²) in [7, 11) is 6.44. The van der Waals surface area contributed by atoms with Crippen LogP contribution < -0.4 is 9.47 Å². The molecule has 0 radical (unpaired) electrons. The third-order valence-corrected chi connectivity index (χ3v) is 5.42. The number of rotatable bonds is 6. The van der Waals surface area contributed by atoms with E-state index in [2.05, 4.69) is 47.4 Å². The molecule has 2 nitrogen and oxygen atoms in total. The van der Waals surface area contributed by atoms with Crippen LogP contribution in [0.2, 0.25) is 0 Å². The largest absolute Gasteiger partial charge is 0.496 e. The molecule has 0 saturated heterocycles.